The van der Waals surface area contributed by atoms with Crippen LogP contribution in [0, 0.1) is 0 Å². The Labute approximate surface area is 106 Å². The average Bonchev–Trinajstić information content (AvgIpc) is 3.11. The zero-order chi connectivity index (χ0) is 12.3. The molecule has 1 aliphatic carbocycles. The lowest BCUT2D eigenvalue weighted by atomic mass is 10.1. The van der Waals surface area contributed by atoms with E-state index in [4.69, 9.17) is 4.74 Å². The van der Waals surface area contributed by atoms with Gasteiger partial charge in [0.2, 0.25) is 0 Å². The van der Waals surface area contributed by atoms with Crippen molar-refractivity contribution < 1.29 is 4.74 Å². The summed E-state index contributed by atoms with van der Waals surface area (Å²) in [6.45, 7) is 10.0. The number of ether oxygens (including phenoxy) is 1. The first-order valence-corrected chi connectivity index (χ1v) is 7.27. The second-order valence-electron chi connectivity index (χ2n) is 5.91. The molecule has 0 aromatic carbocycles. The first-order chi connectivity index (χ1) is 8.16. The van der Waals surface area contributed by atoms with Crippen molar-refractivity contribution in [1.82, 2.24) is 10.2 Å². The van der Waals surface area contributed by atoms with Gasteiger partial charge in [-0.3, -0.25) is 4.90 Å². The number of nitrogens with zero attached hydrogens (tertiary/aromatic N) is 1. The Hall–Kier alpha value is -0.120. The molecule has 2 aliphatic rings. The molecule has 1 aliphatic heterocycles. The summed E-state index contributed by atoms with van der Waals surface area (Å²) in [5, 5.41) is 3.59. The number of morpholine rings is 1. The highest BCUT2D eigenvalue weighted by molar-refractivity contribution is 4.82. The Morgan fingerprint density at radius 1 is 1.35 bits per heavy atom. The smallest absolute Gasteiger partial charge is 0.0674 e. The molecule has 1 N–H and O–H groups in total. The molecule has 1 saturated heterocycles. The molecule has 0 spiro atoms. The summed E-state index contributed by atoms with van der Waals surface area (Å²) in [6.07, 6.45) is 5.80. The van der Waals surface area contributed by atoms with Gasteiger partial charge in [0, 0.05) is 24.7 Å². The minimum absolute atomic E-state index is 0.401. The third kappa shape index (κ3) is 4.23. The Bertz CT molecular complexity index is 230. The maximum absolute atomic E-state index is 5.68. The molecule has 3 atom stereocenters. The highest BCUT2D eigenvalue weighted by Crippen LogP contribution is 2.19. The topological polar surface area (TPSA) is 24.5 Å². The fourth-order valence-corrected chi connectivity index (χ4v) is 2.70. The van der Waals surface area contributed by atoms with Crippen LogP contribution in [0.4, 0.5) is 0 Å². The van der Waals surface area contributed by atoms with Crippen molar-refractivity contribution >= 4 is 0 Å². The van der Waals surface area contributed by atoms with Crippen LogP contribution in [0.15, 0.2) is 0 Å². The van der Waals surface area contributed by atoms with Crippen molar-refractivity contribution in [1.29, 1.82) is 0 Å². The molecule has 1 heterocycles. The van der Waals surface area contributed by atoms with E-state index in [1.54, 1.807) is 0 Å². The van der Waals surface area contributed by atoms with Gasteiger partial charge in [0.25, 0.3) is 0 Å². The summed E-state index contributed by atoms with van der Waals surface area (Å²) in [7, 11) is 0. The van der Waals surface area contributed by atoms with E-state index in [1.165, 1.54) is 32.2 Å². The molecule has 17 heavy (non-hydrogen) atoms. The second-order valence-corrected chi connectivity index (χ2v) is 5.91. The summed E-state index contributed by atoms with van der Waals surface area (Å²) < 4.78 is 5.68. The molecule has 0 aromatic heterocycles. The normalized spacial score (nSPS) is 32.6. The Morgan fingerprint density at radius 3 is 2.82 bits per heavy atom. The standard InChI is InChI=1S/C14H28N2O/c1-11(5-4-8-15-14-6-7-14)16-9-13(3)17-10-12(16)2/h11-15H,4-10H2,1-3H3. The van der Waals surface area contributed by atoms with Crippen molar-refractivity contribution in [3.05, 3.63) is 0 Å². The van der Waals surface area contributed by atoms with Crippen molar-refractivity contribution in [3.63, 3.8) is 0 Å². The van der Waals surface area contributed by atoms with Gasteiger partial charge in [-0.05, 0) is 53.0 Å². The maximum atomic E-state index is 5.68. The van der Waals surface area contributed by atoms with E-state index in [-0.39, 0.29) is 0 Å². The third-order valence-corrected chi connectivity index (χ3v) is 4.03. The van der Waals surface area contributed by atoms with Crippen LogP contribution in [-0.4, -0.2) is 48.8 Å². The fraction of sp³-hybridized carbons (Fsp3) is 1.00. The van der Waals surface area contributed by atoms with Crippen molar-refractivity contribution in [2.24, 2.45) is 0 Å². The van der Waals surface area contributed by atoms with Crippen LogP contribution in [0.1, 0.15) is 46.5 Å². The van der Waals surface area contributed by atoms with Crippen LogP contribution in [-0.2, 0) is 4.74 Å². The lowest BCUT2D eigenvalue weighted by Gasteiger charge is -2.40. The molecule has 0 amide bonds. The van der Waals surface area contributed by atoms with Gasteiger partial charge in [0.05, 0.1) is 12.7 Å². The molecule has 2 fully saturated rings. The Kier molecular flexibility index (Phi) is 4.83. The molecular formula is C14H28N2O. The number of hydrogen-bond acceptors (Lipinski definition) is 3. The van der Waals surface area contributed by atoms with Crippen molar-refractivity contribution in [3.8, 4) is 0 Å². The molecule has 0 radical (unpaired) electrons. The van der Waals surface area contributed by atoms with Crippen molar-refractivity contribution in [2.75, 3.05) is 19.7 Å². The van der Waals surface area contributed by atoms with Gasteiger partial charge in [0.1, 0.15) is 0 Å². The van der Waals surface area contributed by atoms with Crippen LogP contribution in [0.5, 0.6) is 0 Å². The van der Waals surface area contributed by atoms with E-state index >= 15 is 0 Å². The molecule has 2 rings (SSSR count). The minimum atomic E-state index is 0.401. The number of nitrogens with one attached hydrogen (secondary N) is 1. The first-order valence-electron chi connectivity index (χ1n) is 7.27. The van der Waals surface area contributed by atoms with E-state index in [9.17, 15) is 0 Å². The van der Waals surface area contributed by atoms with E-state index < -0.39 is 0 Å². The van der Waals surface area contributed by atoms with Crippen molar-refractivity contribution in [2.45, 2.75) is 70.7 Å². The summed E-state index contributed by atoms with van der Waals surface area (Å²) in [5.74, 6) is 0. The zero-order valence-corrected chi connectivity index (χ0v) is 11.6. The van der Waals surface area contributed by atoms with E-state index in [0.717, 1.165) is 19.2 Å². The van der Waals surface area contributed by atoms with Crippen LogP contribution >= 0.6 is 0 Å². The Balaban J connectivity index is 1.64. The monoisotopic (exact) mass is 240 g/mol. The largest absolute Gasteiger partial charge is 0.376 e. The van der Waals surface area contributed by atoms with Gasteiger partial charge < -0.3 is 10.1 Å². The van der Waals surface area contributed by atoms with E-state index in [1.807, 2.05) is 0 Å². The van der Waals surface area contributed by atoms with E-state index in [0.29, 0.717) is 18.2 Å². The quantitative estimate of drug-likeness (QED) is 0.719. The number of rotatable bonds is 6. The van der Waals surface area contributed by atoms with E-state index in [2.05, 4.69) is 31.0 Å². The zero-order valence-electron chi connectivity index (χ0n) is 11.6. The molecule has 3 heteroatoms. The van der Waals surface area contributed by atoms with Gasteiger partial charge in [-0.2, -0.15) is 0 Å². The summed E-state index contributed by atoms with van der Waals surface area (Å²) in [6, 6.07) is 2.13. The third-order valence-electron chi connectivity index (χ3n) is 4.03. The molecule has 100 valence electrons. The van der Waals surface area contributed by atoms with Crippen LogP contribution in [0.2, 0.25) is 0 Å². The van der Waals surface area contributed by atoms with Crippen LogP contribution < -0.4 is 5.32 Å². The molecule has 0 aromatic rings. The highest BCUT2D eigenvalue weighted by Gasteiger charge is 2.27. The van der Waals surface area contributed by atoms with Crippen LogP contribution in [0.3, 0.4) is 0 Å². The summed E-state index contributed by atoms with van der Waals surface area (Å²) in [4.78, 5) is 2.62. The molecule has 0 bridgehead atoms. The average molecular weight is 240 g/mol. The molecule has 1 saturated carbocycles. The Morgan fingerprint density at radius 2 is 2.12 bits per heavy atom. The number of hydrogen-bond donors (Lipinski definition) is 1. The fourth-order valence-electron chi connectivity index (χ4n) is 2.70. The summed E-state index contributed by atoms with van der Waals surface area (Å²) in [5.41, 5.74) is 0. The lowest BCUT2D eigenvalue weighted by Crippen LogP contribution is -2.51. The van der Waals surface area contributed by atoms with Crippen LogP contribution in [0.25, 0.3) is 0 Å². The van der Waals surface area contributed by atoms with Gasteiger partial charge in [0.15, 0.2) is 0 Å². The lowest BCUT2D eigenvalue weighted by molar-refractivity contribution is -0.0645. The van der Waals surface area contributed by atoms with Gasteiger partial charge in [-0.1, -0.05) is 0 Å². The van der Waals surface area contributed by atoms with Gasteiger partial charge >= 0.3 is 0 Å². The first kappa shape index (κ1) is 13.3. The SMILES string of the molecule is CC1CN(C(C)CCCNC2CC2)C(C)CO1. The minimum Gasteiger partial charge on any atom is -0.376 e. The van der Waals surface area contributed by atoms with Gasteiger partial charge in [-0.25, -0.2) is 0 Å². The molecule has 3 unspecified atom stereocenters. The predicted octanol–water partition coefficient (Wildman–Crippen LogP) is 2.02. The summed E-state index contributed by atoms with van der Waals surface area (Å²) >= 11 is 0. The van der Waals surface area contributed by atoms with Gasteiger partial charge in [-0.15, -0.1) is 0 Å². The predicted molar refractivity (Wildman–Crippen MR) is 71.3 cm³/mol. The maximum Gasteiger partial charge on any atom is 0.0674 e. The highest BCUT2D eigenvalue weighted by atomic mass is 16.5. The molecule has 3 nitrogen and oxygen atoms in total. The molecular weight excluding hydrogens is 212 g/mol. The second kappa shape index (κ2) is 6.17.